The highest BCUT2D eigenvalue weighted by molar-refractivity contribution is 6.30. The van der Waals surface area contributed by atoms with Crippen LogP contribution in [0.2, 0.25) is 5.02 Å². The molecule has 0 amide bonds. The van der Waals surface area contributed by atoms with Crippen molar-refractivity contribution in [1.29, 1.82) is 0 Å². The summed E-state index contributed by atoms with van der Waals surface area (Å²) in [5, 5.41) is 2.17. The summed E-state index contributed by atoms with van der Waals surface area (Å²) in [6.45, 7) is 1.97. The minimum atomic E-state index is 0.796. The van der Waals surface area contributed by atoms with Crippen molar-refractivity contribution < 1.29 is 0 Å². The number of rotatable bonds is 6. The summed E-state index contributed by atoms with van der Waals surface area (Å²) in [5.41, 5.74) is 3.97. The van der Waals surface area contributed by atoms with Gasteiger partial charge in [0.05, 0.1) is 0 Å². The van der Waals surface area contributed by atoms with Crippen molar-refractivity contribution in [2.75, 3.05) is 20.6 Å². The van der Waals surface area contributed by atoms with Gasteiger partial charge in [-0.25, -0.2) is 0 Å². The Morgan fingerprint density at radius 2 is 1.87 bits per heavy atom. The molecule has 3 aromatic rings. The molecular weight excluding hydrogens is 304 g/mol. The third-order valence-corrected chi connectivity index (χ3v) is 4.40. The molecule has 2 aromatic carbocycles. The van der Waals surface area contributed by atoms with E-state index in [0.29, 0.717) is 0 Å². The Hall–Kier alpha value is -1.77. The first kappa shape index (κ1) is 16.1. The van der Waals surface area contributed by atoms with Crippen LogP contribution < -0.4 is 0 Å². The average Bonchev–Trinajstić information content (AvgIpc) is 2.85. The summed E-state index contributed by atoms with van der Waals surface area (Å²) in [5.74, 6) is 0. The van der Waals surface area contributed by atoms with Gasteiger partial charge < -0.3 is 9.47 Å². The van der Waals surface area contributed by atoms with E-state index in [0.717, 1.165) is 24.5 Å². The van der Waals surface area contributed by atoms with Crippen LogP contribution >= 0.6 is 11.6 Å². The normalized spacial score (nSPS) is 11.5. The van der Waals surface area contributed by atoms with Crippen molar-refractivity contribution in [2.24, 2.45) is 0 Å². The standard InChI is InChI=1S/C20H23ClN2/c1-22(2)12-6-8-17-15-23(20-11-4-3-10-19(17)20)14-16-7-5-9-18(21)13-16/h3-5,7,9-11,13,15H,6,8,12,14H2,1-2H3. The highest BCUT2D eigenvalue weighted by atomic mass is 35.5. The Kier molecular flexibility index (Phi) is 5.04. The van der Waals surface area contributed by atoms with E-state index in [1.807, 2.05) is 18.2 Å². The minimum Gasteiger partial charge on any atom is -0.343 e. The largest absolute Gasteiger partial charge is 0.343 e. The van der Waals surface area contributed by atoms with Gasteiger partial charge in [0.1, 0.15) is 0 Å². The van der Waals surface area contributed by atoms with Crippen LogP contribution in [0.1, 0.15) is 17.5 Å². The molecular formula is C20H23ClN2. The number of hydrogen-bond donors (Lipinski definition) is 0. The van der Waals surface area contributed by atoms with Gasteiger partial charge in [0.2, 0.25) is 0 Å². The van der Waals surface area contributed by atoms with E-state index in [1.165, 1.54) is 28.5 Å². The topological polar surface area (TPSA) is 8.17 Å². The van der Waals surface area contributed by atoms with Crippen LogP contribution in [0.5, 0.6) is 0 Å². The number of aromatic nitrogens is 1. The molecule has 0 aliphatic rings. The maximum atomic E-state index is 6.12. The quantitative estimate of drug-likeness (QED) is 0.629. The third-order valence-electron chi connectivity index (χ3n) is 4.16. The van der Waals surface area contributed by atoms with Crippen LogP contribution in [-0.4, -0.2) is 30.1 Å². The monoisotopic (exact) mass is 326 g/mol. The summed E-state index contributed by atoms with van der Waals surface area (Å²) in [4.78, 5) is 2.24. The van der Waals surface area contributed by atoms with E-state index in [4.69, 9.17) is 11.6 Å². The van der Waals surface area contributed by atoms with Crippen molar-refractivity contribution in [3.63, 3.8) is 0 Å². The number of nitrogens with zero attached hydrogens (tertiary/aromatic N) is 2. The summed E-state index contributed by atoms with van der Waals surface area (Å²) in [6.07, 6.45) is 4.60. The first-order chi connectivity index (χ1) is 11.1. The van der Waals surface area contributed by atoms with Gasteiger partial charge in [-0.15, -0.1) is 0 Å². The number of benzene rings is 2. The maximum absolute atomic E-state index is 6.12. The van der Waals surface area contributed by atoms with Crippen LogP contribution in [0.4, 0.5) is 0 Å². The molecule has 0 aliphatic carbocycles. The molecule has 0 aliphatic heterocycles. The van der Waals surface area contributed by atoms with Crippen molar-refractivity contribution in [1.82, 2.24) is 9.47 Å². The van der Waals surface area contributed by atoms with Crippen molar-refractivity contribution >= 4 is 22.5 Å². The zero-order chi connectivity index (χ0) is 16.2. The molecule has 2 nitrogen and oxygen atoms in total. The predicted octanol–water partition coefficient (Wildman–Crippen LogP) is 4.84. The van der Waals surface area contributed by atoms with E-state index in [1.54, 1.807) is 0 Å². The molecule has 0 bridgehead atoms. The Bertz CT molecular complexity index is 789. The summed E-state index contributed by atoms with van der Waals surface area (Å²) in [7, 11) is 4.25. The SMILES string of the molecule is CN(C)CCCc1cn(Cc2cccc(Cl)c2)c2ccccc12. The maximum Gasteiger partial charge on any atom is 0.0486 e. The first-order valence-corrected chi connectivity index (χ1v) is 8.47. The van der Waals surface area contributed by atoms with Crippen LogP contribution in [0.15, 0.2) is 54.7 Å². The molecule has 0 fully saturated rings. The van der Waals surface area contributed by atoms with E-state index >= 15 is 0 Å². The predicted molar refractivity (Wildman–Crippen MR) is 99.4 cm³/mol. The zero-order valence-electron chi connectivity index (χ0n) is 13.8. The van der Waals surface area contributed by atoms with E-state index < -0.39 is 0 Å². The second-order valence-corrected chi connectivity index (χ2v) is 6.77. The lowest BCUT2D eigenvalue weighted by Gasteiger charge is -2.08. The van der Waals surface area contributed by atoms with Crippen LogP contribution in [0, 0.1) is 0 Å². The number of fused-ring (bicyclic) bond motifs is 1. The van der Waals surface area contributed by atoms with Gasteiger partial charge in [-0.05, 0) is 62.8 Å². The molecule has 0 spiro atoms. The molecule has 0 unspecified atom stereocenters. The van der Waals surface area contributed by atoms with Crippen LogP contribution in [0.3, 0.4) is 0 Å². The summed E-state index contributed by atoms with van der Waals surface area (Å²) in [6, 6.07) is 16.8. The van der Waals surface area contributed by atoms with E-state index in [2.05, 4.69) is 60.1 Å². The molecule has 0 N–H and O–H groups in total. The lowest BCUT2D eigenvalue weighted by atomic mass is 10.1. The lowest BCUT2D eigenvalue weighted by Crippen LogP contribution is -2.13. The molecule has 3 heteroatoms. The zero-order valence-corrected chi connectivity index (χ0v) is 14.6. The molecule has 0 radical (unpaired) electrons. The highest BCUT2D eigenvalue weighted by Crippen LogP contribution is 2.24. The number of para-hydroxylation sites is 1. The number of aryl methyl sites for hydroxylation is 1. The Morgan fingerprint density at radius 3 is 2.65 bits per heavy atom. The van der Waals surface area contributed by atoms with Gasteiger partial charge in [-0.1, -0.05) is 41.9 Å². The highest BCUT2D eigenvalue weighted by Gasteiger charge is 2.08. The fourth-order valence-corrected chi connectivity index (χ4v) is 3.28. The van der Waals surface area contributed by atoms with E-state index in [-0.39, 0.29) is 0 Å². The fourth-order valence-electron chi connectivity index (χ4n) is 3.07. The van der Waals surface area contributed by atoms with Crippen molar-refractivity contribution in [3.8, 4) is 0 Å². The minimum absolute atomic E-state index is 0.796. The van der Waals surface area contributed by atoms with Gasteiger partial charge in [0.15, 0.2) is 0 Å². The lowest BCUT2D eigenvalue weighted by molar-refractivity contribution is 0.400. The number of halogens is 1. The molecule has 1 heterocycles. The van der Waals surface area contributed by atoms with Crippen molar-refractivity contribution in [3.05, 3.63) is 70.9 Å². The van der Waals surface area contributed by atoms with E-state index in [9.17, 15) is 0 Å². The second kappa shape index (κ2) is 7.20. The Morgan fingerprint density at radius 1 is 1.04 bits per heavy atom. The molecule has 23 heavy (non-hydrogen) atoms. The molecule has 1 aromatic heterocycles. The van der Waals surface area contributed by atoms with Gasteiger partial charge in [0, 0.05) is 28.7 Å². The van der Waals surface area contributed by atoms with Crippen molar-refractivity contribution in [2.45, 2.75) is 19.4 Å². The summed E-state index contributed by atoms with van der Waals surface area (Å²) >= 11 is 6.12. The molecule has 120 valence electrons. The average molecular weight is 327 g/mol. The summed E-state index contributed by atoms with van der Waals surface area (Å²) < 4.78 is 2.34. The Labute approximate surface area is 143 Å². The third kappa shape index (κ3) is 3.95. The molecule has 0 saturated carbocycles. The first-order valence-electron chi connectivity index (χ1n) is 8.09. The molecule has 3 rings (SSSR count). The second-order valence-electron chi connectivity index (χ2n) is 6.34. The molecule has 0 saturated heterocycles. The Balaban J connectivity index is 1.88. The van der Waals surface area contributed by atoms with Gasteiger partial charge in [-0.3, -0.25) is 0 Å². The van der Waals surface area contributed by atoms with Gasteiger partial charge in [-0.2, -0.15) is 0 Å². The van der Waals surface area contributed by atoms with Gasteiger partial charge in [0.25, 0.3) is 0 Å². The fraction of sp³-hybridized carbons (Fsp3) is 0.300. The van der Waals surface area contributed by atoms with Crippen LogP contribution in [-0.2, 0) is 13.0 Å². The van der Waals surface area contributed by atoms with Crippen LogP contribution in [0.25, 0.3) is 10.9 Å². The smallest absolute Gasteiger partial charge is 0.0486 e. The molecule has 0 atom stereocenters. The van der Waals surface area contributed by atoms with Gasteiger partial charge >= 0.3 is 0 Å². The number of hydrogen-bond acceptors (Lipinski definition) is 1.